The summed E-state index contributed by atoms with van der Waals surface area (Å²) in [7, 11) is 0. The van der Waals surface area contributed by atoms with E-state index in [1.807, 2.05) is 32.0 Å². The lowest BCUT2D eigenvalue weighted by molar-refractivity contribution is 0.0239. The van der Waals surface area contributed by atoms with Crippen molar-refractivity contribution in [2.45, 2.75) is 20.0 Å². The summed E-state index contributed by atoms with van der Waals surface area (Å²) in [6.45, 7) is 5.02. The van der Waals surface area contributed by atoms with Gasteiger partial charge >= 0.3 is 5.97 Å². The third kappa shape index (κ3) is 2.76. The normalized spacial score (nSPS) is 14.9. The summed E-state index contributed by atoms with van der Waals surface area (Å²) in [6, 6.07) is 5.77. The largest absolute Gasteiger partial charge is 0.454 e. The van der Waals surface area contributed by atoms with Crippen LogP contribution in [0, 0.1) is 13.8 Å². The molecule has 0 atom stereocenters. The molecule has 4 rings (SSSR count). The highest BCUT2D eigenvalue weighted by Gasteiger charge is 2.33. The lowest BCUT2D eigenvalue weighted by Crippen LogP contribution is -2.53. The fourth-order valence-electron chi connectivity index (χ4n) is 2.63. The first-order valence-electron chi connectivity index (χ1n) is 7.46. The number of benzene rings is 1. The standard InChI is InChI=1S/C16H14ClN3O2S2/c1-8-14(23-9(2)18-8)15(21)22-10-6-20(7-10)16-19-13-11(17)4-3-5-12(13)24-16/h3-5,10H,6-7H2,1-2H3. The molecular weight excluding hydrogens is 366 g/mol. The van der Waals surface area contributed by atoms with E-state index in [4.69, 9.17) is 16.3 Å². The molecule has 1 aromatic carbocycles. The Balaban J connectivity index is 1.41. The molecule has 1 aliphatic heterocycles. The molecule has 0 N–H and O–H groups in total. The van der Waals surface area contributed by atoms with Gasteiger partial charge in [0.05, 0.1) is 33.5 Å². The second-order valence-electron chi connectivity index (χ2n) is 5.66. The zero-order valence-corrected chi connectivity index (χ0v) is 15.5. The van der Waals surface area contributed by atoms with E-state index in [0.717, 1.165) is 26.0 Å². The maximum absolute atomic E-state index is 12.2. The van der Waals surface area contributed by atoms with E-state index in [-0.39, 0.29) is 12.1 Å². The number of hydrogen-bond acceptors (Lipinski definition) is 7. The van der Waals surface area contributed by atoms with Gasteiger partial charge in [-0.05, 0) is 26.0 Å². The number of nitrogens with zero attached hydrogens (tertiary/aromatic N) is 3. The maximum Gasteiger partial charge on any atom is 0.350 e. The van der Waals surface area contributed by atoms with Crippen molar-refractivity contribution in [2.24, 2.45) is 0 Å². The number of halogens is 1. The fourth-order valence-corrected chi connectivity index (χ4v) is 4.72. The molecule has 1 fully saturated rings. The molecule has 0 spiro atoms. The van der Waals surface area contributed by atoms with Gasteiger partial charge in [-0.3, -0.25) is 0 Å². The van der Waals surface area contributed by atoms with Crippen LogP contribution in [0.2, 0.25) is 5.02 Å². The Labute approximate surface area is 151 Å². The molecule has 5 nitrogen and oxygen atoms in total. The first-order valence-corrected chi connectivity index (χ1v) is 9.47. The van der Waals surface area contributed by atoms with Crippen LogP contribution >= 0.6 is 34.3 Å². The molecule has 0 amide bonds. The van der Waals surface area contributed by atoms with Gasteiger partial charge < -0.3 is 9.64 Å². The van der Waals surface area contributed by atoms with E-state index in [0.29, 0.717) is 23.0 Å². The molecule has 0 saturated carbocycles. The number of thiazole rings is 2. The Hall–Kier alpha value is -1.70. The molecule has 1 aliphatic rings. The molecule has 24 heavy (non-hydrogen) atoms. The highest BCUT2D eigenvalue weighted by atomic mass is 35.5. The van der Waals surface area contributed by atoms with Crippen molar-refractivity contribution in [3.8, 4) is 0 Å². The van der Waals surface area contributed by atoms with Crippen molar-refractivity contribution in [3.63, 3.8) is 0 Å². The van der Waals surface area contributed by atoms with E-state index >= 15 is 0 Å². The number of carbonyl (C=O) groups is 1. The zero-order valence-electron chi connectivity index (χ0n) is 13.1. The lowest BCUT2D eigenvalue weighted by atomic mass is 10.2. The average Bonchev–Trinajstić information content (AvgIpc) is 3.06. The van der Waals surface area contributed by atoms with E-state index in [1.165, 1.54) is 11.3 Å². The number of hydrogen-bond donors (Lipinski definition) is 0. The Kier molecular flexibility index (Phi) is 3.94. The molecule has 124 valence electrons. The van der Waals surface area contributed by atoms with Crippen LogP contribution in [-0.2, 0) is 4.74 Å². The van der Waals surface area contributed by atoms with Crippen LogP contribution in [0.4, 0.5) is 5.13 Å². The van der Waals surface area contributed by atoms with Gasteiger partial charge in [0, 0.05) is 0 Å². The highest BCUT2D eigenvalue weighted by Crippen LogP contribution is 2.35. The number of aryl methyl sites for hydroxylation is 2. The molecule has 8 heteroatoms. The monoisotopic (exact) mass is 379 g/mol. The maximum atomic E-state index is 12.2. The average molecular weight is 380 g/mol. The number of aromatic nitrogens is 2. The summed E-state index contributed by atoms with van der Waals surface area (Å²) in [4.78, 5) is 23.8. The van der Waals surface area contributed by atoms with Crippen LogP contribution in [0.3, 0.4) is 0 Å². The molecular formula is C16H14ClN3O2S2. The van der Waals surface area contributed by atoms with Gasteiger partial charge in [-0.25, -0.2) is 14.8 Å². The van der Waals surface area contributed by atoms with Gasteiger partial charge in [-0.1, -0.05) is 29.0 Å². The van der Waals surface area contributed by atoms with E-state index in [9.17, 15) is 4.79 Å². The van der Waals surface area contributed by atoms with Gasteiger partial charge in [-0.15, -0.1) is 11.3 Å². The van der Waals surface area contributed by atoms with E-state index in [1.54, 1.807) is 11.3 Å². The molecule has 0 bridgehead atoms. The topological polar surface area (TPSA) is 55.3 Å². The van der Waals surface area contributed by atoms with Gasteiger partial charge in [-0.2, -0.15) is 0 Å². The number of anilines is 1. The summed E-state index contributed by atoms with van der Waals surface area (Å²) < 4.78 is 6.62. The summed E-state index contributed by atoms with van der Waals surface area (Å²) in [5.74, 6) is -0.282. The number of fused-ring (bicyclic) bond motifs is 1. The zero-order chi connectivity index (χ0) is 16.8. The summed E-state index contributed by atoms with van der Waals surface area (Å²) in [5, 5.41) is 2.45. The van der Waals surface area contributed by atoms with E-state index < -0.39 is 0 Å². The first kappa shape index (κ1) is 15.8. The minimum absolute atomic E-state index is 0.109. The third-order valence-corrected chi connectivity index (χ3v) is 6.28. The molecule has 3 heterocycles. The van der Waals surface area contributed by atoms with Crippen LogP contribution in [0.25, 0.3) is 10.2 Å². The van der Waals surface area contributed by atoms with Crippen LogP contribution in [0.5, 0.6) is 0 Å². The molecule has 1 saturated heterocycles. The van der Waals surface area contributed by atoms with Gasteiger partial charge in [0.25, 0.3) is 0 Å². The first-order chi connectivity index (χ1) is 11.5. The Morgan fingerprint density at radius 3 is 2.75 bits per heavy atom. The van der Waals surface area contributed by atoms with Crippen LogP contribution < -0.4 is 4.90 Å². The van der Waals surface area contributed by atoms with Crippen molar-refractivity contribution >= 4 is 55.6 Å². The minimum atomic E-state index is -0.282. The van der Waals surface area contributed by atoms with E-state index in [2.05, 4.69) is 14.9 Å². The fraction of sp³-hybridized carbons (Fsp3) is 0.312. The third-order valence-electron chi connectivity index (χ3n) is 3.84. The summed E-state index contributed by atoms with van der Waals surface area (Å²) in [6.07, 6.45) is -0.109. The van der Waals surface area contributed by atoms with Gasteiger partial charge in [0.15, 0.2) is 5.13 Å². The minimum Gasteiger partial charge on any atom is -0.454 e. The second-order valence-corrected chi connectivity index (χ2v) is 8.28. The quantitative estimate of drug-likeness (QED) is 0.642. The summed E-state index contributed by atoms with van der Waals surface area (Å²) in [5.41, 5.74) is 1.56. The van der Waals surface area contributed by atoms with Crippen molar-refractivity contribution in [3.05, 3.63) is 38.8 Å². The Bertz CT molecular complexity index is 931. The lowest BCUT2D eigenvalue weighted by Gasteiger charge is -2.38. The number of rotatable bonds is 3. The van der Waals surface area contributed by atoms with Crippen LogP contribution in [-0.4, -0.2) is 35.1 Å². The predicted molar refractivity (Wildman–Crippen MR) is 97.6 cm³/mol. The smallest absolute Gasteiger partial charge is 0.350 e. The molecule has 2 aromatic heterocycles. The number of esters is 1. The number of carbonyl (C=O) groups excluding carboxylic acids is 1. The number of ether oxygens (including phenoxy) is 1. The predicted octanol–water partition coefficient (Wildman–Crippen LogP) is 4.07. The van der Waals surface area contributed by atoms with Gasteiger partial charge in [0.2, 0.25) is 0 Å². The van der Waals surface area contributed by atoms with Crippen molar-refractivity contribution in [2.75, 3.05) is 18.0 Å². The molecule has 0 unspecified atom stereocenters. The van der Waals surface area contributed by atoms with Crippen molar-refractivity contribution < 1.29 is 9.53 Å². The Morgan fingerprint density at radius 2 is 2.08 bits per heavy atom. The summed E-state index contributed by atoms with van der Waals surface area (Å²) >= 11 is 9.15. The van der Waals surface area contributed by atoms with Crippen molar-refractivity contribution in [1.29, 1.82) is 0 Å². The molecule has 0 aliphatic carbocycles. The highest BCUT2D eigenvalue weighted by molar-refractivity contribution is 7.22. The second kappa shape index (κ2) is 5.98. The van der Waals surface area contributed by atoms with Crippen LogP contribution in [0.15, 0.2) is 18.2 Å². The Morgan fingerprint density at radius 1 is 1.29 bits per heavy atom. The molecule has 0 radical (unpaired) electrons. The number of para-hydroxylation sites is 1. The van der Waals surface area contributed by atoms with Gasteiger partial charge in [0.1, 0.15) is 16.5 Å². The SMILES string of the molecule is Cc1nc(C)c(C(=O)OC2CN(c3nc4c(Cl)cccc4s3)C2)s1. The van der Waals surface area contributed by atoms with Crippen molar-refractivity contribution in [1.82, 2.24) is 9.97 Å². The van der Waals surface area contributed by atoms with Crippen LogP contribution in [0.1, 0.15) is 20.4 Å². The molecule has 3 aromatic rings.